The van der Waals surface area contributed by atoms with Crippen LogP contribution < -0.4 is 10.6 Å². The standard InChI is InChI=1S/C18H29ClN2/c1-4-15(20)11-14-7-10-18(17(19)12-14)21(3)16-8-5-13(2)6-9-16/h7,10,12-13,15-16H,4-6,8-9,11,20H2,1-3H3. The fourth-order valence-corrected chi connectivity index (χ4v) is 3.57. The van der Waals surface area contributed by atoms with E-state index in [0.717, 1.165) is 29.5 Å². The summed E-state index contributed by atoms with van der Waals surface area (Å²) in [5, 5.41) is 0.858. The van der Waals surface area contributed by atoms with E-state index in [1.807, 2.05) is 0 Å². The minimum absolute atomic E-state index is 0.226. The van der Waals surface area contributed by atoms with Crippen molar-refractivity contribution in [1.29, 1.82) is 0 Å². The quantitative estimate of drug-likeness (QED) is 0.859. The normalized spacial score (nSPS) is 23.9. The van der Waals surface area contributed by atoms with Crippen molar-refractivity contribution in [3.63, 3.8) is 0 Å². The van der Waals surface area contributed by atoms with E-state index in [0.29, 0.717) is 6.04 Å². The SMILES string of the molecule is CCC(N)Cc1ccc(N(C)C2CCC(C)CC2)c(Cl)c1. The number of nitrogens with zero attached hydrogens (tertiary/aromatic N) is 1. The lowest BCUT2D eigenvalue weighted by molar-refractivity contribution is 0.341. The van der Waals surface area contributed by atoms with E-state index in [1.165, 1.54) is 31.2 Å². The third kappa shape index (κ3) is 4.37. The molecule has 0 heterocycles. The largest absolute Gasteiger partial charge is 0.370 e. The van der Waals surface area contributed by atoms with Crippen molar-refractivity contribution in [1.82, 2.24) is 0 Å². The molecule has 0 amide bonds. The third-order valence-electron chi connectivity index (χ3n) is 4.95. The molecule has 0 spiro atoms. The third-order valence-corrected chi connectivity index (χ3v) is 5.25. The molecule has 0 aromatic heterocycles. The second-order valence-corrected chi connectivity index (χ2v) is 7.09. The van der Waals surface area contributed by atoms with Gasteiger partial charge in [0, 0.05) is 19.1 Å². The Morgan fingerprint density at radius 2 is 1.95 bits per heavy atom. The van der Waals surface area contributed by atoms with Crippen LogP contribution in [-0.4, -0.2) is 19.1 Å². The van der Waals surface area contributed by atoms with Crippen LogP contribution >= 0.6 is 11.6 Å². The predicted octanol–water partition coefficient (Wildman–Crippen LogP) is 4.63. The van der Waals surface area contributed by atoms with Gasteiger partial charge in [0.1, 0.15) is 0 Å². The Hall–Kier alpha value is -0.730. The number of benzene rings is 1. The highest BCUT2D eigenvalue weighted by atomic mass is 35.5. The molecule has 0 aliphatic heterocycles. The molecule has 1 aliphatic rings. The van der Waals surface area contributed by atoms with Crippen molar-refractivity contribution in [2.75, 3.05) is 11.9 Å². The van der Waals surface area contributed by atoms with Gasteiger partial charge in [-0.15, -0.1) is 0 Å². The van der Waals surface area contributed by atoms with Crippen LogP contribution in [0.5, 0.6) is 0 Å². The van der Waals surface area contributed by atoms with E-state index in [1.54, 1.807) is 0 Å². The van der Waals surface area contributed by atoms with Crippen molar-refractivity contribution in [3.05, 3.63) is 28.8 Å². The topological polar surface area (TPSA) is 29.3 Å². The first-order valence-corrected chi connectivity index (χ1v) is 8.65. The van der Waals surface area contributed by atoms with Crippen LogP contribution in [-0.2, 0) is 6.42 Å². The van der Waals surface area contributed by atoms with Crippen molar-refractivity contribution in [2.24, 2.45) is 11.7 Å². The number of nitrogens with two attached hydrogens (primary N) is 1. The maximum absolute atomic E-state index is 6.52. The molecule has 1 aromatic rings. The Kier molecular flexibility index (Phi) is 5.95. The van der Waals surface area contributed by atoms with Gasteiger partial charge in [-0.1, -0.05) is 31.5 Å². The van der Waals surface area contributed by atoms with Gasteiger partial charge in [-0.05, 0) is 62.1 Å². The second kappa shape index (κ2) is 7.51. The summed E-state index contributed by atoms with van der Waals surface area (Å²) in [6.45, 7) is 4.48. The molecule has 118 valence electrons. The Labute approximate surface area is 134 Å². The molecule has 1 aliphatic carbocycles. The van der Waals surface area contributed by atoms with Gasteiger partial charge < -0.3 is 10.6 Å². The highest BCUT2D eigenvalue weighted by Crippen LogP contribution is 2.33. The fraction of sp³-hybridized carbons (Fsp3) is 0.667. The number of rotatable bonds is 5. The summed E-state index contributed by atoms with van der Waals surface area (Å²) >= 11 is 6.52. The number of halogens is 1. The fourth-order valence-electron chi connectivity index (χ4n) is 3.24. The van der Waals surface area contributed by atoms with E-state index in [9.17, 15) is 0 Å². The molecule has 3 heteroatoms. The van der Waals surface area contributed by atoms with Gasteiger partial charge in [-0.25, -0.2) is 0 Å². The van der Waals surface area contributed by atoms with E-state index in [-0.39, 0.29) is 6.04 Å². The molecule has 0 radical (unpaired) electrons. The van der Waals surface area contributed by atoms with Crippen LogP contribution in [0, 0.1) is 5.92 Å². The van der Waals surface area contributed by atoms with Crippen LogP contribution in [0.3, 0.4) is 0 Å². The van der Waals surface area contributed by atoms with E-state index < -0.39 is 0 Å². The van der Waals surface area contributed by atoms with Gasteiger partial charge in [0.2, 0.25) is 0 Å². The monoisotopic (exact) mass is 308 g/mol. The maximum Gasteiger partial charge on any atom is 0.0642 e. The van der Waals surface area contributed by atoms with Gasteiger partial charge in [0.05, 0.1) is 10.7 Å². The number of hydrogen-bond acceptors (Lipinski definition) is 2. The average molecular weight is 309 g/mol. The molecule has 1 fully saturated rings. The van der Waals surface area contributed by atoms with Crippen molar-refractivity contribution >= 4 is 17.3 Å². The zero-order chi connectivity index (χ0) is 15.4. The maximum atomic E-state index is 6.52. The van der Waals surface area contributed by atoms with Crippen molar-refractivity contribution < 1.29 is 0 Å². The molecular formula is C18H29ClN2. The van der Waals surface area contributed by atoms with Gasteiger partial charge in [0.25, 0.3) is 0 Å². The summed E-state index contributed by atoms with van der Waals surface area (Å²) in [6.07, 6.45) is 7.11. The van der Waals surface area contributed by atoms with Crippen LogP contribution in [0.25, 0.3) is 0 Å². The first-order chi connectivity index (χ1) is 10.0. The van der Waals surface area contributed by atoms with Gasteiger partial charge in [0.15, 0.2) is 0 Å². The van der Waals surface area contributed by atoms with E-state index >= 15 is 0 Å². The number of hydrogen-bond donors (Lipinski definition) is 1. The minimum Gasteiger partial charge on any atom is -0.370 e. The molecular weight excluding hydrogens is 280 g/mol. The smallest absolute Gasteiger partial charge is 0.0642 e. The Morgan fingerprint density at radius 3 is 2.52 bits per heavy atom. The van der Waals surface area contributed by atoms with Crippen molar-refractivity contribution in [3.8, 4) is 0 Å². The molecule has 1 atom stereocenters. The molecule has 2 rings (SSSR count). The highest BCUT2D eigenvalue weighted by Gasteiger charge is 2.23. The molecule has 21 heavy (non-hydrogen) atoms. The second-order valence-electron chi connectivity index (χ2n) is 6.68. The first kappa shape index (κ1) is 16.6. The van der Waals surface area contributed by atoms with Crippen molar-refractivity contribution in [2.45, 2.75) is 64.5 Å². The lowest BCUT2D eigenvalue weighted by atomic mass is 9.86. The number of anilines is 1. The Morgan fingerprint density at radius 1 is 1.29 bits per heavy atom. The summed E-state index contributed by atoms with van der Waals surface area (Å²) < 4.78 is 0. The molecule has 0 bridgehead atoms. The average Bonchev–Trinajstić information content (AvgIpc) is 2.47. The summed E-state index contributed by atoms with van der Waals surface area (Å²) in [5.41, 5.74) is 8.43. The summed E-state index contributed by atoms with van der Waals surface area (Å²) in [7, 11) is 2.18. The molecule has 2 N–H and O–H groups in total. The molecule has 1 unspecified atom stereocenters. The van der Waals surface area contributed by atoms with Crippen LogP contribution in [0.15, 0.2) is 18.2 Å². The van der Waals surface area contributed by atoms with Crippen LogP contribution in [0.1, 0.15) is 51.5 Å². The predicted molar refractivity (Wildman–Crippen MR) is 93.2 cm³/mol. The molecule has 1 aromatic carbocycles. The highest BCUT2D eigenvalue weighted by molar-refractivity contribution is 6.33. The lowest BCUT2D eigenvalue weighted by Crippen LogP contribution is -2.35. The Balaban J connectivity index is 2.06. The zero-order valence-electron chi connectivity index (χ0n) is 13.6. The minimum atomic E-state index is 0.226. The zero-order valence-corrected chi connectivity index (χ0v) is 14.4. The van der Waals surface area contributed by atoms with Crippen LogP contribution in [0.2, 0.25) is 5.02 Å². The Bertz CT molecular complexity index is 453. The van der Waals surface area contributed by atoms with Gasteiger partial charge in [-0.3, -0.25) is 0 Å². The van der Waals surface area contributed by atoms with Gasteiger partial charge in [-0.2, -0.15) is 0 Å². The molecule has 0 saturated heterocycles. The summed E-state index contributed by atoms with van der Waals surface area (Å²) in [6, 6.07) is 7.29. The summed E-state index contributed by atoms with van der Waals surface area (Å²) in [5.74, 6) is 0.878. The lowest BCUT2D eigenvalue weighted by Gasteiger charge is -2.35. The van der Waals surface area contributed by atoms with Gasteiger partial charge >= 0.3 is 0 Å². The van der Waals surface area contributed by atoms with E-state index in [2.05, 4.69) is 44.0 Å². The molecule has 2 nitrogen and oxygen atoms in total. The van der Waals surface area contributed by atoms with E-state index in [4.69, 9.17) is 17.3 Å². The molecule has 1 saturated carbocycles. The first-order valence-electron chi connectivity index (χ1n) is 8.28. The summed E-state index contributed by atoms with van der Waals surface area (Å²) in [4.78, 5) is 2.37. The van der Waals surface area contributed by atoms with Crippen LogP contribution in [0.4, 0.5) is 5.69 Å².